The lowest BCUT2D eigenvalue weighted by atomic mass is 9.95. The molecule has 3 aromatic rings. The van der Waals surface area contributed by atoms with Gasteiger partial charge in [-0.3, -0.25) is 19.3 Å². The van der Waals surface area contributed by atoms with Gasteiger partial charge in [-0.25, -0.2) is 0 Å². The predicted molar refractivity (Wildman–Crippen MR) is 129 cm³/mol. The first kappa shape index (κ1) is 22.4. The summed E-state index contributed by atoms with van der Waals surface area (Å²) >= 11 is 0. The van der Waals surface area contributed by atoms with Crippen LogP contribution in [-0.4, -0.2) is 42.1 Å². The molecule has 1 heterocycles. The molecule has 33 heavy (non-hydrogen) atoms. The number of nitrogens with zero attached hydrogens (tertiary/aromatic N) is 1. The molecule has 1 aliphatic heterocycles. The fraction of sp³-hybridized carbons (Fsp3) is 0.222. The minimum absolute atomic E-state index is 0.0265. The summed E-state index contributed by atoms with van der Waals surface area (Å²) in [5.41, 5.74) is 2.35. The Morgan fingerprint density at radius 3 is 2.06 bits per heavy atom. The first-order valence-electron chi connectivity index (χ1n) is 11.2. The molecule has 4 rings (SSSR count). The van der Waals surface area contributed by atoms with Crippen LogP contribution in [-0.2, 0) is 9.59 Å². The first-order chi connectivity index (χ1) is 16.1. The number of likely N-dealkylation sites (tertiary alicyclic amines) is 1. The van der Waals surface area contributed by atoms with Crippen molar-refractivity contribution in [2.45, 2.75) is 12.8 Å². The number of carbonyl (C=O) groups is 3. The molecule has 1 saturated heterocycles. The van der Waals surface area contributed by atoms with Gasteiger partial charge in [0.15, 0.2) is 5.78 Å². The van der Waals surface area contributed by atoms with Crippen LogP contribution in [0, 0.1) is 5.92 Å². The van der Waals surface area contributed by atoms with Crippen molar-refractivity contribution in [3.05, 3.63) is 96.1 Å². The molecular formula is C27H27N3O3. The van der Waals surface area contributed by atoms with Gasteiger partial charge in [-0.2, -0.15) is 0 Å². The normalized spacial score (nSPS) is 14.4. The number of carbonyl (C=O) groups excluding carboxylic acids is 3. The summed E-state index contributed by atoms with van der Waals surface area (Å²) in [5.74, 6) is -0.334. The van der Waals surface area contributed by atoms with E-state index < -0.39 is 0 Å². The number of benzene rings is 3. The number of rotatable bonds is 7. The van der Waals surface area contributed by atoms with Gasteiger partial charge in [0, 0.05) is 22.7 Å². The van der Waals surface area contributed by atoms with E-state index in [0.717, 1.165) is 5.69 Å². The third-order valence-corrected chi connectivity index (χ3v) is 5.85. The number of hydrogen-bond acceptors (Lipinski definition) is 4. The zero-order chi connectivity index (χ0) is 23.0. The molecule has 0 saturated carbocycles. The van der Waals surface area contributed by atoms with E-state index in [1.807, 2.05) is 53.4 Å². The minimum atomic E-state index is -0.171. The van der Waals surface area contributed by atoms with Crippen molar-refractivity contribution in [2.75, 3.05) is 30.3 Å². The van der Waals surface area contributed by atoms with E-state index in [2.05, 4.69) is 10.6 Å². The van der Waals surface area contributed by atoms with Crippen LogP contribution in [0.3, 0.4) is 0 Å². The molecule has 2 amide bonds. The smallest absolute Gasteiger partial charge is 0.238 e. The summed E-state index contributed by atoms with van der Waals surface area (Å²) in [7, 11) is 0. The van der Waals surface area contributed by atoms with Crippen LogP contribution in [0.2, 0.25) is 0 Å². The molecule has 2 N–H and O–H groups in total. The molecule has 0 aromatic heterocycles. The van der Waals surface area contributed by atoms with Crippen molar-refractivity contribution in [2.24, 2.45) is 5.92 Å². The summed E-state index contributed by atoms with van der Waals surface area (Å²) < 4.78 is 0. The third-order valence-electron chi connectivity index (χ3n) is 5.85. The molecule has 0 bridgehead atoms. The number of anilines is 2. The van der Waals surface area contributed by atoms with Gasteiger partial charge < -0.3 is 10.6 Å². The SMILES string of the molecule is O=C(CN1CCC(C(=O)Nc2ccccc2)CC1)Nc1ccccc1C(=O)c1ccccc1. The highest BCUT2D eigenvalue weighted by atomic mass is 16.2. The molecule has 0 aliphatic carbocycles. The van der Waals surface area contributed by atoms with E-state index in [9.17, 15) is 14.4 Å². The van der Waals surface area contributed by atoms with Crippen LogP contribution in [0.1, 0.15) is 28.8 Å². The average Bonchev–Trinajstić information content (AvgIpc) is 2.85. The Labute approximate surface area is 193 Å². The average molecular weight is 442 g/mol. The molecular weight excluding hydrogens is 414 g/mol. The second-order valence-corrected chi connectivity index (χ2v) is 8.19. The topological polar surface area (TPSA) is 78.5 Å². The van der Waals surface area contributed by atoms with E-state index in [1.54, 1.807) is 36.4 Å². The van der Waals surface area contributed by atoms with E-state index in [1.165, 1.54) is 0 Å². The molecule has 6 heteroatoms. The van der Waals surface area contributed by atoms with Crippen LogP contribution in [0.4, 0.5) is 11.4 Å². The lowest BCUT2D eigenvalue weighted by Gasteiger charge is -2.30. The lowest BCUT2D eigenvalue weighted by Crippen LogP contribution is -2.41. The molecule has 6 nitrogen and oxygen atoms in total. The fourth-order valence-corrected chi connectivity index (χ4v) is 4.05. The van der Waals surface area contributed by atoms with Crippen molar-refractivity contribution in [3.8, 4) is 0 Å². The second-order valence-electron chi connectivity index (χ2n) is 8.19. The van der Waals surface area contributed by atoms with Crippen molar-refractivity contribution in [1.29, 1.82) is 0 Å². The minimum Gasteiger partial charge on any atom is -0.326 e. The standard InChI is InChI=1S/C27H27N3O3/c31-25(29-24-14-8-7-13-23(24)26(32)20-9-3-1-4-10-20)19-30-17-15-21(16-18-30)27(33)28-22-11-5-2-6-12-22/h1-14,21H,15-19H2,(H,28,33)(H,29,31). The lowest BCUT2D eigenvalue weighted by molar-refractivity contribution is -0.121. The Morgan fingerprint density at radius 1 is 0.758 bits per heavy atom. The Bertz CT molecular complexity index is 1110. The van der Waals surface area contributed by atoms with E-state index in [-0.39, 0.29) is 30.1 Å². The monoisotopic (exact) mass is 441 g/mol. The first-order valence-corrected chi connectivity index (χ1v) is 11.2. The van der Waals surface area contributed by atoms with Crippen molar-refractivity contribution in [1.82, 2.24) is 4.90 Å². The molecule has 1 fully saturated rings. The zero-order valence-corrected chi connectivity index (χ0v) is 18.4. The Balaban J connectivity index is 1.30. The summed E-state index contributed by atoms with van der Waals surface area (Å²) in [4.78, 5) is 40.1. The second kappa shape index (κ2) is 10.7. The van der Waals surface area contributed by atoms with Crippen LogP contribution >= 0.6 is 0 Å². The van der Waals surface area contributed by atoms with Crippen LogP contribution in [0.25, 0.3) is 0 Å². The number of piperidine rings is 1. The van der Waals surface area contributed by atoms with Crippen molar-refractivity contribution < 1.29 is 14.4 Å². The molecule has 0 spiro atoms. The Kier molecular flexibility index (Phi) is 7.27. The molecule has 0 radical (unpaired) electrons. The maximum Gasteiger partial charge on any atom is 0.238 e. The van der Waals surface area contributed by atoms with E-state index >= 15 is 0 Å². The molecule has 3 aromatic carbocycles. The number of ketones is 1. The van der Waals surface area contributed by atoms with Gasteiger partial charge in [-0.05, 0) is 50.2 Å². The predicted octanol–water partition coefficient (Wildman–Crippen LogP) is 4.21. The highest BCUT2D eigenvalue weighted by Crippen LogP contribution is 2.21. The summed E-state index contributed by atoms with van der Waals surface area (Å²) in [6.07, 6.45) is 1.41. The third kappa shape index (κ3) is 5.93. The van der Waals surface area contributed by atoms with Crippen LogP contribution in [0.5, 0.6) is 0 Å². The number of nitrogens with one attached hydrogen (secondary N) is 2. The van der Waals surface area contributed by atoms with Gasteiger partial charge >= 0.3 is 0 Å². The molecule has 0 atom stereocenters. The summed E-state index contributed by atoms with van der Waals surface area (Å²) in [6, 6.07) is 25.5. The van der Waals surface area contributed by atoms with Crippen molar-refractivity contribution in [3.63, 3.8) is 0 Å². The Morgan fingerprint density at radius 2 is 1.36 bits per heavy atom. The highest BCUT2D eigenvalue weighted by molar-refractivity contribution is 6.13. The Hall–Kier alpha value is -3.77. The van der Waals surface area contributed by atoms with Gasteiger partial charge in [-0.1, -0.05) is 60.7 Å². The van der Waals surface area contributed by atoms with Gasteiger partial charge in [0.25, 0.3) is 0 Å². The number of hydrogen-bond donors (Lipinski definition) is 2. The van der Waals surface area contributed by atoms with Gasteiger partial charge in [-0.15, -0.1) is 0 Å². The quantitative estimate of drug-likeness (QED) is 0.539. The van der Waals surface area contributed by atoms with Gasteiger partial charge in [0.05, 0.1) is 12.2 Å². The maximum absolute atomic E-state index is 12.9. The highest BCUT2D eigenvalue weighted by Gasteiger charge is 2.26. The van der Waals surface area contributed by atoms with E-state index in [4.69, 9.17) is 0 Å². The fourth-order valence-electron chi connectivity index (χ4n) is 4.05. The zero-order valence-electron chi connectivity index (χ0n) is 18.4. The summed E-state index contributed by atoms with van der Waals surface area (Å²) in [6.45, 7) is 1.57. The van der Waals surface area contributed by atoms with Gasteiger partial charge in [0.2, 0.25) is 11.8 Å². The van der Waals surface area contributed by atoms with Crippen LogP contribution < -0.4 is 10.6 Å². The maximum atomic E-state index is 12.9. The molecule has 0 unspecified atom stereocenters. The molecule has 1 aliphatic rings. The largest absolute Gasteiger partial charge is 0.326 e. The number of amides is 2. The summed E-state index contributed by atoms with van der Waals surface area (Å²) in [5, 5.41) is 5.86. The van der Waals surface area contributed by atoms with Crippen LogP contribution in [0.15, 0.2) is 84.9 Å². The van der Waals surface area contributed by atoms with Crippen molar-refractivity contribution >= 4 is 29.0 Å². The van der Waals surface area contributed by atoms with Gasteiger partial charge in [0.1, 0.15) is 0 Å². The molecule has 168 valence electrons. The number of para-hydroxylation sites is 2. The van der Waals surface area contributed by atoms with E-state index in [0.29, 0.717) is 42.7 Å².